The summed E-state index contributed by atoms with van der Waals surface area (Å²) in [6.45, 7) is 1.72. The van der Waals surface area contributed by atoms with Gasteiger partial charge >= 0.3 is 5.97 Å². The van der Waals surface area contributed by atoms with E-state index >= 15 is 0 Å². The van der Waals surface area contributed by atoms with Crippen molar-refractivity contribution in [2.75, 3.05) is 12.4 Å². The van der Waals surface area contributed by atoms with Gasteiger partial charge in [0.05, 0.1) is 7.11 Å². The molecule has 0 aliphatic heterocycles. The van der Waals surface area contributed by atoms with Crippen LogP contribution in [0.1, 0.15) is 19.8 Å². The normalized spacial score (nSPS) is 18.2. The van der Waals surface area contributed by atoms with Crippen molar-refractivity contribution in [2.45, 2.75) is 25.3 Å². The molecule has 0 bridgehead atoms. The number of carboxylic acids is 1. The fraction of sp³-hybridized carbons (Fsp3) is 0.500. The number of hydrogen-bond acceptors (Lipinski definition) is 4. The lowest BCUT2D eigenvalue weighted by atomic mass is 9.95. The fourth-order valence-corrected chi connectivity index (χ4v) is 1.89. The number of aromatic nitrogens is 1. The molecule has 1 aromatic rings. The van der Waals surface area contributed by atoms with E-state index in [4.69, 9.17) is 4.74 Å². The molecule has 5 nitrogen and oxygen atoms in total. The fourth-order valence-electron chi connectivity index (χ4n) is 1.89. The Labute approximate surface area is 99.8 Å². The number of nitrogens with zero attached hydrogens (tertiary/aromatic N) is 1. The van der Waals surface area contributed by atoms with Crippen LogP contribution in [0, 0.1) is 5.92 Å². The Morgan fingerprint density at radius 3 is 2.88 bits per heavy atom. The molecule has 2 rings (SSSR count). The van der Waals surface area contributed by atoms with Crippen molar-refractivity contribution in [3.8, 4) is 5.88 Å². The maximum absolute atomic E-state index is 11.4. The van der Waals surface area contributed by atoms with Crippen molar-refractivity contribution < 1.29 is 14.6 Å². The summed E-state index contributed by atoms with van der Waals surface area (Å²) in [6.07, 6.45) is 3.51. The highest BCUT2D eigenvalue weighted by atomic mass is 16.5. The molecule has 1 heterocycles. The van der Waals surface area contributed by atoms with Crippen molar-refractivity contribution in [3.05, 3.63) is 18.3 Å². The average molecular weight is 236 g/mol. The number of methoxy groups -OCH3 is 1. The molecule has 1 fully saturated rings. The van der Waals surface area contributed by atoms with Crippen LogP contribution in [-0.4, -0.2) is 28.7 Å². The van der Waals surface area contributed by atoms with Crippen molar-refractivity contribution in [1.29, 1.82) is 0 Å². The minimum atomic E-state index is -0.910. The molecule has 1 aliphatic rings. The Bertz CT molecular complexity index is 432. The van der Waals surface area contributed by atoms with E-state index in [2.05, 4.69) is 10.3 Å². The summed E-state index contributed by atoms with van der Waals surface area (Å²) in [5, 5.41) is 12.4. The number of pyridine rings is 1. The van der Waals surface area contributed by atoms with Gasteiger partial charge in [-0.05, 0) is 31.7 Å². The molecule has 1 aromatic heterocycles. The van der Waals surface area contributed by atoms with Crippen LogP contribution in [-0.2, 0) is 4.79 Å². The molecule has 0 saturated heterocycles. The zero-order chi connectivity index (χ0) is 12.5. The Kier molecular flexibility index (Phi) is 2.92. The van der Waals surface area contributed by atoms with Crippen molar-refractivity contribution in [1.82, 2.24) is 4.98 Å². The molecule has 1 saturated carbocycles. The second-order valence-corrected chi connectivity index (χ2v) is 4.49. The summed E-state index contributed by atoms with van der Waals surface area (Å²) >= 11 is 0. The van der Waals surface area contributed by atoms with E-state index in [9.17, 15) is 9.90 Å². The highest BCUT2D eigenvalue weighted by Gasteiger charge is 2.47. The van der Waals surface area contributed by atoms with Crippen molar-refractivity contribution >= 4 is 11.7 Å². The van der Waals surface area contributed by atoms with E-state index < -0.39 is 11.5 Å². The molecule has 92 valence electrons. The maximum atomic E-state index is 11.4. The minimum absolute atomic E-state index is 0.194. The van der Waals surface area contributed by atoms with E-state index in [1.165, 1.54) is 7.11 Å². The number of carbonyl (C=O) groups is 1. The second kappa shape index (κ2) is 4.24. The summed E-state index contributed by atoms with van der Waals surface area (Å²) in [5.74, 6) is -0.159. The van der Waals surface area contributed by atoms with Crippen LogP contribution < -0.4 is 10.1 Å². The van der Waals surface area contributed by atoms with Crippen molar-refractivity contribution in [2.24, 2.45) is 5.92 Å². The number of aliphatic carboxylic acids is 1. The molecule has 0 spiro atoms. The lowest BCUT2D eigenvalue weighted by Gasteiger charge is -2.27. The molecule has 1 unspecified atom stereocenters. The molecule has 5 heteroatoms. The largest absolute Gasteiger partial charge is 0.481 e. The SMILES string of the molecule is COc1cc(NC(C)(C(=O)O)C2CC2)ccn1. The summed E-state index contributed by atoms with van der Waals surface area (Å²) < 4.78 is 5.01. The maximum Gasteiger partial charge on any atom is 0.329 e. The zero-order valence-corrected chi connectivity index (χ0v) is 9.93. The average Bonchev–Trinajstić information content (AvgIpc) is 3.13. The summed E-state index contributed by atoms with van der Waals surface area (Å²) in [4.78, 5) is 15.3. The van der Waals surface area contributed by atoms with Gasteiger partial charge in [-0.2, -0.15) is 0 Å². The molecule has 1 aliphatic carbocycles. The number of carboxylic acid groups (broad SMARTS) is 1. The van der Waals surface area contributed by atoms with Crippen LogP contribution in [0.15, 0.2) is 18.3 Å². The lowest BCUT2D eigenvalue weighted by molar-refractivity contribution is -0.142. The first kappa shape index (κ1) is 11.7. The quantitative estimate of drug-likeness (QED) is 0.815. The van der Waals surface area contributed by atoms with Gasteiger partial charge in [0, 0.05) is 18.0 Å². The second-order valence-electron chi connectivity index (χ2n) is 4.49. The monoisotopic (exact) mass is 236 g/mol. The number of hydrogen-bond donors (Lipinski definition) is 2. The van der Waals surface area contributed by atoms with E-state index in [0.717, 1.165) is 12.8 Å². The number of nitrogens with one attached hydrogen (secondary N) is 1. The molecule has 2 N–H and O–H groups in total. The predicted molar refractivity (Wildman–Crippen MR) is 63.2 cm³/mol. The zero-order valence-electron chi connectivity index (χ0n) is 9.93. The highest BCUT2D eigenvalue weighted by Crippen LogP contribution is 2.41. The molecule has 0 aromatic carbocycles. The third-order valence-corrected chi connectivity index (χ3v) is 3.19. The van der Waals surface area contributed by atoms with Gasteiger partial charge in [-0.15, -0.1) is 0 Å². The smallest absolute Gasteiger partial charge is 0.329 e. The molecule has 0 amide bonds. The van der Waals surface area contributed by atoms with Crippen LogP contribution >= 0.6 is 0 Å². The minimum Gasteiger partial charge on any atom is -0.481 e. The van der Waals surface area contributed by atoms with Crippen molar-refractivity contribution in [3.63, 3.8) is 0 Å². The van der Waals surface area contributed by atoms with E-state index in [1.54, 1.807) is 25.3 Å². The molecular weight excluding hydrogens is 220 g/mol. The standard InChI is InChI=1S/C12H16N2O3/c1-12(11(15)16,8-3-4-8)14-9-5-6-13-10(7-9)17-2/h5-8H,3-4H2,1-2H3,(H,13,14)(H,15,16). The van der Waals surface area contributed by atoms with E-state index in [0.29, 0.717) is 11.6 Å². The first-order valence-corrected chi connectivity index (χ1v) is 5.58. The van der Waals surface area contributed by atoms with E-state index in [-0.39, 0.29) is 5.92 Å². The number of rotatable bonds is 5. The summed E-state index contributed by atoms with van der Waals surface area (Å²) in [5.41, 5.74) is -0.194. The van der Waals surface area contributed by atoms with Gasteiger partial charge in [0.25, 0.3) is 0 Å². The molecule has 0 radical (unpaired) electrons. The van der Waals surface area contributed by atoms with Crippen LogP contribution in [0.5, 0.6) is 5.88 Å². The first-order valence-electron chi connectivity index (χ1n) is 5.58. The lowest BCUT2D eigenvalue weighted by Crippen LogP contribution is -2.45. The van der Waals surface area contributed by atoms with Gasteiger partial charge in [-0.1, -0.05) is 0 Å². The Balaban J connectivity index is 2.20. The van der Waals surface area contributed by atoms with Gasteiger partial charge in [-0.3, -0.25) is 0 Å². The first-order chi connectivity index (χ1) is 8.06. The van der Waals surface area contributed by atoms with Gasteiger partial charge in [0.15, 0.2) is 0 Å². The Hall–Kier alpha value is -1.78. The molecular formula is C12H16N2O3. The molecule has 1 atom stereocenters. The van der Waals surface area contributed by atoms with E-state index in [1.807, 2.05) is 0 Å². The highest BCUT2D eigenvalue weighted by molar-refractivity contribution is 5.83. The van der Waals surface area contributed by atoms with Crippen LogP contribution in [0.3, 0.4) is 0 Å². The van der Waals surface area contributed by atoms with Gasteiger partial charge in [0.2, 0.25) is 5.88 Å². The summed E-state index contributed by atoms with van der Waals surface area (Å²) in [6, 6.07) is 3.44. The third-order valence-electron chi connectivity index (χ3n) is 3.19. The van der Waals surface area contributed by atoms with Crippen LogP contribution in [0.4, 0.5) is 5.69 Å². The van der Waals surface area contributed by atoms with Crippen LogP contribution in [0.2, 0.25) is 0 Å². The Morgan fingerprint density at radius 1 is 1.65 bits per heavy atom. The molecule has 17 heavy (non-hydrogen) atoms. The number of anilines is 1. The third kappa shape index (κ3) is 2.33. The Morgan fingerprint density at radius 2 is 2.35 bits per heavy atom. The van der Waals surface area contributed by atoms with Crippen LogP contribution in [0.25, 0.3) is 0 Å². The van der Waals surface area contributed by atoms with Gasteiger partial charge in [0.1, 0.15) is 5.54 Å². The van der Waals surface area contributed by atoms with Gasteiger partial charge in [-0.25, -0.2) is 9.78 Å². The van der Waals surface area contributed by atoms with Gasteiger partial charge < -0.3 is 15.2 Å². The predicted octanol–water partition coefficient (Wildman–Crippen LogP) is 1.76. The summed E-state index contributed by atoms with van der Waals surface area (Å²) in [7, 11) is 1.53. The topological polar surface area (TPSA) is 71.5 Å². The number of ether oxygens (including phenoxy) is 1.